The highest BCUT2D eigenvalue weighted by molar-refractivity contribution is 7.92. The number of sulfonamides is 1. The van der Waals surface area contributed by atoms with Crippen molar-refractivity contribution in [2.75, 3.05) is 42.2 Å². The van der Waals surface area contributed by atoms with Crippen molar-refractivity contribution < 1.29 is 17.9 Å². The van der Waals surface area contributed by atoms with E-state index in [1.54, 1.807) is 36.5 Å². The SMILES string of the molecule is COc1ccc(S(=O)(=O)Nc2ccc(Nc3cc(N4CCCC4)cnn3)cc2)cc1OC. The zero-order valence-electron chi connectivity index (χ0n) is 17.9. The molecule has 0 amide bonds. The molecule has 0 saturated carbocycles. The molecule has 4 rings (SSSR count). The zero-order valence-corrected chi connectivity index (χ0v) is 18.7. The molecule has 32 heavy (non-hydrogen) atoms. The van der Waals surface area contributed by atoms with Gasteiger partial charge in [0.2, 0.25) is 0 Å². The first kappa shape index (κ1) is 21.7. The summed E-state index contributed by atoms with van der Waals surface area (Å²) in [5.74, 6) is 1.43. The van der Waals surface area contributed by atoms with Crippen molar-refractivity contribution in [1.29, 1.82) is 0 Å². The van der Waals surface area contributed by atoms with Gasteiger partial charge in [-0.3, -0.25) is 4.72 Å². The van der Waals surface area contributed by atoms with Crippen LogP contribution in [0.2, 0.25) is 0 Å². The van der Waals surface area contributed by atoms with E-state index in [2.05, 4.69) is 25.1 Å². The van der Waals surface area contributed by atoms with Crippen molar-refractivity contribution in [1.82, 2.24) is 10.2 Å². The molecule has 1 saturated heterocycles. The fourth-order valence-electron chi connectivity index (χ4n) is 3.53. The second-order valence-corrected chi connectivity index (χ2v) is 9.00. The number of rotatable bonds is 8. The molecule has 0 bridgehead atoms. The van der Waals surface area contributed by atoms with E-state index in [-0.39, 0.29) is 4.90 Å². The van der Waals surface area contributed by atoms with Crippen molar-refractivity contribution in [2.24, 2.45) is 0 Å². The summed E-state index contributed by atoms with van der Waals surface area (Å²) in [6, 6.07) is 13.3. The molecule has 0 spiro atoms. The van der Waals surface area contributed by atoms with Crippen LogP contribution in [0.15, 0.2) is 59.6 Å². The fraction of sp³-hybridized carbons (Fsp3) is 0.273. The molecular weight excluding hydrogens is 430 g/mol. The third kappa shape index (κ3) is 4.86. The first-order valence-electron chi connectivity index (χ1n) is 10.2. The topological polar surface area (TPSA) is 106 Å². The van der Waals surface area contributed by atoms with E-state index in [1.807, 2.05) is 6.07 Å². The molecule has 0 aliphatic carbocycles. The summed E-state index contributed by atoms with van der Waals surface area (Å²) >= 11 is 0. The van der Waals surface area contributed by atoms with Gasteiger partial charge in [0.05, 0.1) is 31.0 Å². The molecule has 1 aromatic heterocycles. The van der Waals surface area contributed by atoms with Gasteiger partial charge >= 0.3 is 0 Å². The van der Waals surface area contributed by atoms with Crippen LogP contribution >= 0.6 is 0 Å². The lowest BCUT2D eigenvalue weighted by Gasteiger charge is -2.17. The summed E-state index contributed by atoms with van der Waals surface area (Å²) in [5, 5.41) is 11.4. The minimum Gasteiger partial charge on any atom is -0.493 e. The molecule has 3 aromatic rings. The van der Waals surface area contributed by atoms with Gasteiger partial charge in [-0.2, -0.15) is 5.10 Å². The highest BCUT2D eigenvalue weighted by Crippen LogP contribution is 2.30. The number of benzene rings is 2. The van der Waals surface area contributed by atoms with Crippen LogP contribution in [-0.2, 0) is 10.0 Å². The molecule has 10 heteroatoms. The van der Waals surface area contributed by atoms with Crippen molar-refractivity contribution in [3.63, 3.8) is 0 Å². The Balaban J connectivity index is 1.45. The normalized spacial score (nSPS) is 13.6. The standard InChI is InChI=1S/C22H25N5O4S/c1-30-20-10-9-19(14-21(20)31-2)32(28,29)26-17-7-5-16(6-8-17)24-22-13-18(15-23-25-22)27-11-3-4-12-27/h5-10,13-15,26H,3-4,11-12H2,1-2H3,(H,24,25). The largest absolute Gasteiger partial charge is 0.493 e. The highest BCUT2D eigenvalue weighted by Gasteiger charge is 2.17. The Morgan fingerprint density at radius 3 is 2.28 bits per heavy atom. The van der Waals surface area contributed by atoms with Gasteiger partial charge in [0.15, 0.2) is 17.3 Å². The predicted molar refractivity (Wildman–Crippen MR) is 124 cm³/mol. The van der Waals surface area contributed by atoms with Crippen molar-refractivity contribution >= 4 is 32.9 Å². The average molecular weight is 456 g/mol. The van der Waals surface area contributed by atoms with Crippen LogP contribution in [0.3, 0.4) is 0 Å². The summed E-state index contributed by atoms with van der Waals surface area (Å²) in [5.41, 5.74) is 2.24. The van der Waals surface area contributed by atoms with Gasteiger partial charge in [0.1, 0.15) is 0 Å². The fourth-order valence-corrected chi connectivity index (χ4v) is 4.61. The Hall–Kier alpha value is -3.53. The van der Waals surface area contributed by atoms with Gasteiger partial charge in [-0.15, -0.1) is 5.10 Å². The van der Waals surface area contributed by atoms with Gasteiger partial charge in [-0.25, -0.2) is 8.42 Å². The van der Waals surface area contributed by atoms with E-state index in [4.69, 9.17) is 9.47 Å². The Labute approximate surface area is 187 Å². The van der Waals surface area contributed by atoms with E-state index >= 15 is 0 Å². The first-order valence-corrected chi connectivity index (χ1v) is 11.7. The number of methoxy groups -OCH3 is 2. The minimum absolute atomic E-state index is 0.0753. The van der Waals surface area contributed by atoms with E-state index in [1.165, 1.54) is 39.2 Å². The summed E-state index contributed by atoms with van der Waals surface area (Å²) in [6.07, 6.45) is 4.14. The van der Waals surface area contributed by atoms with Crippen LogP contribution in [-0.4, -0.2) is 45.9 Å². The lowest BCUT2D eigenvalue weighted by Crippen LogP contribution is -2.18. The van der Waals surface area contributed by atoms with Gasteiger partial charge in [-0.05, 0) is 49.2 Å². The van der Waals surface area contributed by atoms with Gasteiger partial charge in [-0.1, -0.05) is 0 Å². The third-order valence-corrected chi connectivity index (χ3v) is 6.57. The van der Waals surface area contributed by atoms with Crippen molar-refractivity contribution in [3.8, 4) is 11.5 Å². The second-order valence-electron chi connectivity index (χ2n) is 7.32. The Bertz CT molecular complexity index is 1180. The first-order chi connectivity index (χ1) is 15.5. The van der Waals surface area contributed by atoms with Gasteiger partial charge in [0.25, 0.3) is 10.0 Å². The molecule has 0 atom stereocenters. The van der Waals surface area contributed by atoms with Gasteiger partial charge < -0.3 is 19.7 Å². The molecule has 2 N–H and O–H groups in total. The van der Waals surface area contributed by atoms with Crippen LogP contribution < -0.4 is 24.4 Å². The summed E-state index contributed by atoms with van der Waals surface area (Å²) in [4.78, 5) is 2.36. The number of hydrogen-bond acceptors (Lipinski definition) is 8. The minimum atomic E-state index is -3.79. The maximum Gasteiger partial charge on any atom is 0.262 e. The Kier molecular flexibility index (Phi) is 6.31. The lowest BCUT2D eigenvalue weighted by molar-refractivity contribution is 0.354. The maximum absolute atomic E-state index is 12.8. The quantitative estimate of drug-likeness (QED) is 0.530. The number of hydrogen-bond donors (Lipinski definition) is 2. The Morgan fingerprint density at radius 2 is 1.59 bits per heavy atom. The number of nitrogens with one attached hydrogen (secondary N) is 2. The third-order valence-electron chi connectivity index (χ3n) is 5.19. The van der Waals surface area contributed by atoms with Crippen LogP contribution in [0.25, 0.3) is 0 Å². The number of nitrogens with zero attached hydrogens (tertiary/aromatic N) is 3. The number of anilines is 4. The van der Waals surface area contributed by atoms with E-state index in [0.717, 1.165) is 24.5 Å². The molecule has 1 aliphatic rings. The van der Waals surface area contributed by atoms with Gasteiger partial charge in [0, 0.05) is 36.6 Å². The second kappa shape index (κ2) is 9.31. The van der Waals surface area contributed by atoms with E-state index < -0.39 is 10.0 Å². The molecule has 0 unspecified atom stereocenters. The van der Waals surface area contributed by atoms with E-state index in [9.17, 15) is 8.42 Å². The Morgan fingerprint density at radius 1 is 0.906 bits per heavy atom. The van der Waals surface area contributed by atoms with Crippen LogP contribution in [0.4, 0.5) is 22.9 Å². The monoisotopic (exact) mass is 455 g/mol. The number of aromatic nitrogens is 2. The lowest BCUT2D eigenvalue weighted by atomic mass is 10.3. The zero-order chi connectivity index (χ0) is 22.6. The smallest absolute Gasteiger partial charge is 0.262 e. The molecule has 1 aliphatic heterocycles. The van der Waals surface area contributed by atoms with Crippen LogP contribution in [0.5, 0.6) is 11.5 Å². The van der Waals surface area contributed by atoms with E-state index in [0.29, 0.717) is 23.0 Å². The molecule has 168 valence electrons. The maximum atomic E-state index is 12.8. The summed E-state index contributed by atoms with van der Waals surface area (Å²) < 4.78 is 38.5. The molecular formula is C22H25N5O4S. The summed E-state index contributed by atoms with van der Waals surface area (Å²) in [7, 11) is -0.840. The average Bonchev–Trinajstić information content (AvgIpc) is 3.35. The van der Waals surface area contributed by atoms with Crippen LogP contribution in [0, 0.1) is 0 Å². The summed E-state index contributed by atoms with van der Waals surface area (Å²) in [6.45, 7) is 2.06. The highest BCUT2D eigenvalue weighted by atomic mass is 32.2. The molecule has 2 heterocycles. The van der Waals surface area contributed by atoms with Crippen molar-refractivity contribution in [2.45, 2.75) is 17.7 Å². The number of ether oxygens (including phenoxy) is 2. The molecule has 9 nitrogen and oxygen atoms in total. The molecule has 2 aromatic carbocycles. The predicted octanol–water partition coefficient (Wildman–Crippen LogP) is 3.64. The molecule has 0 radical (unpaired) electrons. The van der Waals surface area contributed by atoms with Crippen LogP contribution in [0.1, 0.15) is 12.8 Å². The molecule has 1 fully saturated rings. The van der Waals surface area contributed by atoms with Crippen molar-refractivity contribution in [3.05, 3.63) is 54.7 Å².